The molecule has 2 rings (SSSR count). The lowest BCUT2D eigenvalue weighted by Crippen LogP contribution is -2.29. The molecule has 2 heteroatoms. The van der Waals surface area contributed by atoms with Crippen LogP contribution in [0.3, 0.4) is 0 Å². The van der Waals surface area contributed by atoms with Gasteiger partial charge in [0, 0.05) is 24.5 Å². The van der Waals surface area contributed by atoms with Gasteiger partial charge in [-0.25, -0.2) is 0 Å². The van der Waals surface area contributed by atoms with Crippen molar-refractivity contribution in [1.82, 2.24) is 4.90 Å². The Morgan fingerprint density at radius 1 is 1.21 bits per heavy atom. The van der Waals surface area contributed by atoms with E-state index in [9.17, 15) is 0 Å². The molecule has 2 nitrogen and oxygen atoms in total. The van der Waals surface area contributed by atoms with Crippen LogP contribution in [0.2, 0.25) is 0 Å². The van der Waals surface area contributed by atoms with E-state index in [-0.39, 0.29) is 0 Å². The fraction of sp³-hybridized carbons (Fsp3) is 0.750. The summed E-state index contributed by atoms with van der Waals surface area (Å²) in [5, 5.41) is 7.84. The summed E-state index contributed by atoms with van der Waals surface area (Å²) in [6.45, 7) is 6.94. The molecule has 1 saturated heterocycles. The van der Waals surface area contributed by atoms with Gasteiger partial charge < -0.3 is 10.3 Å². The maximum Gasteiger partial charge on any atom is 0.0336 e. The molecule has 1 heterocycles. The zero-order valence-electron chi connectivity index (χ0n) is 9.27. The minimum Gasteiger partial charge on any atom is -0.375 e. The summed E-state index contributed by atoms with van der Waals surface area (Å²) in [5.41, 5.74) is 2.51. The fourth-order valence-corrected chi connectivity index (χ4v) is 2.58. The highest BCUT2D eigenvalue weighted by Crippen LogP contribution is 2.35. The summed E-state index contributed by atoms with van der Waals surface area (Å²) in [5.74, 6) is 0. The molecule has 78 valence electrons. The first kappa shape index (κ1) is 9.75. The third kappa shape index (κ3) is 1.99. The molecule has 2 aliphatic rings. The second-order valence-corrected chi connectivity index (χ2v) is 5.37. The van der Waals surface area contributed by atoms with Gasteiger partial charge in [0.05, 0.1) is 0 Å². The molecular formula is C12H20N2. The van der Waals surface area contributed by atoms with E-state index < -0.39 is 0 Å². The predicted octanol–water partition coefficient (Wildman–Crippen LogP) is 2.81. The molecule has 0 aromatic carbocycles. The van der Waals surface area contributed by atoms with E-state index in [1.165, 1.54) is 31.6 Å². The van der Waals surface area contributed by atoms with Crippen molar-refractivity contribution in [3.8, 4) is 0 Å². The summed E-state index contributed by atoms with van der Waals surface area (Å²) < 4.78 is 0. The average Bonchev–Trinajstić information content (AvgIpc) is 2.51. The lowest BCUT2D eigenvalue weighted by molar-refractivity contribution is 0.305. The van der Waals surface area contributed by atoms with Crippen LogP contribution in [0.1, 0.15) is 39.5 Å². The first-order chi connectivity index (χ1) is 6.57. The highest BCUT2D eigenvalue weighted by atomic mass is 15.1. The minimum absolute atomic E-state index is 0.295. The van der Waals surface area contributed by atoms with Gasteiger partial charge in [-0.2, -0.15) is 0 Å². The Hall–Kier alpha value is -0.790. The Morgan fingerprint density at radius 3 is 2.43 bits per heavy atom. The van der Waals surface area contributed by atoms with Crippen LogP contribution in [0.4, 0.5) is 0 Å². The van der Waals surface area contributed by atoms with Crippen LogP contribution in [-0.4, -0.2) is 23.7 Å². The van der Waals surface area contributed by atoms with E-state index >= 15 is 0 Å². The Balaban J connectivity index is 2.14. The molecule has 0 unspecified atom stereocenters. The normalized spacial score (nSPS) is 26.6. The van der Waals surface area contributed by atoms with Crippen molar-refractivity contribution in [3.63, 3.8) is 0 Å². The highest BCUT2D eigenvalue weighted by Gasteiger charge is 2.28. The molecule has 0 aromatic rings. The van der Waals surface area contributed by atoms with Gasteiger partial charge in [-0.05, 0) is 37.2 Å². The van der Waals surface area contributed by atoms with Crippen LogP contribution in [0, 0.1) is 10.8 Å². The SMILES string of the molecule is CC1(C)CC(=N)C=C(N2CCCC2)C1. The standard InChI is InChI=1S/C12H20N2/c1-12(2)8-10(13)7-11(9-12)14-5-3-4-6-14/h7,13H,3-6,8-9H2,1-2H3. The molecule has 1 fully saturated rings. The largest absolute Gasteiger partial charge is 0.375 e. The first-order valence-corrected chi connectivity index (χ1v) is 5.60. The van der Waals surface area contributed by atoms with Crippen molar-refractivity contribution in [2.75, 3.05) is 13.1 Å². The molecule has 0 aromatic heterocycles. The number of hydrogen-bond acceptors (Lipinski definition) is 2. The van der Waals surface area contributed by atoms with E-state index in [0.29, 0.717) is 5.41 Å². The number of nitrogens with one attached hydrogen (secondary N) is 1. The number of nitrogens with zero attached hydrogens (tertiary/aromatic N) is 1. The molecule has 0 bridgehead atoms. The van der Waals surface area contributed by atoms with Crippen LogP contribution in [0.25, 0.3) is 0 Å². The number of allylic oxidation sites excluding steroid dienone is 2. The van der Waals surface area contributed by atoms with Gasteiger partial charge in [-0.15, -0.1) is 0 Å². The zero-order valence-corrected chi connectivity index (χ0v) is 9.27. The Kier molecular flexibility index (Phi) is 2.38. The molecule has 1 N–H and O–H groups in total. The number of likely N-dealkylation sites (tertiary alicyclic amines) is 1. The minimum atomic E-state index is 0.295. The van der Waals surface area contributed by atoms with E-state index in [4.69, 9.17) is 5.41 Å². The van der Waals surface area contributed by atoms with Gasteiger partial charge in [-0.3, -0.25) is 0 Å². The van der Waals surface area contributed by atoms with Crippen molar-refractivity contribution in [1.29, 1.82) is 5.41 Å². The Morgan fingerprint density at radius 2 is 1.86 bits per heavy atom. The van der Waals surface area contributed by atoms with E-state index in [0.717, 1.165) is 18.6 Å². The third-order valence-corrected chi connectivity index (χ3v) is 3.18. The summed E-state index contributed by atoms with van der Waals surface area (Å²) in [4.78, 5) is 2.47. The zero-order chi connectivity index (χ0) is 10.2. The quantitative estimate of drug-likeness (QED) is 0.679. The van der Waals surface area contributed by atoms with Crippen LogP contribution in [0.5, 0.6) is 0 Å². The smallest absolute Gasteiger partial charge is 0.0336 e. The van der Waals surface area contributed by atoms with Gasteiger partial charge >= 0.3 is 0 Å². The molecule has 0 radical (unpaired) electrons. The predicted molar refractivity (Wildman–Crippen MR) is 59.6 cm³/mol. The lowest BCUT2D eigenvalue weighted by atomic mass is 9.78. The molecule has 0 saturated carbocycles. The van der Waals surface area contributed by atoms with Crippen molar-refractivity contribution < 1.29 is 0 Å². The molecule has 0 spiro atoms. The summed E-state index contributed by atoms with van der Waals surface area (Å²) in [7, 11) is 0. The monoisotopic (exact) mass is 192 g/mol. The van der Waals surface area contributed by atoms with Crippen LogP contribution >= 0.6 is 0 Å². The van der Waals surface area contributed by atoms with Crippen molar-refractivity contribution in [3.05, 3.63) is 11.8 Å². The van der Waals surface area contributed by atoms with Gasteiger partial charge in [0.2, 0.25) is 0 Å². The number of hydrogen-bond donors (Lipinski definition) is 1. The molecule has 1 aliphatic carbocycles. The maximum absolute atomic E-state index is 7.84. The van der Waals surface area contributed by atoms with Gasteiger partial charge in [0.15, 0.2) is 0 Å². The van der Waals surface area contributed by atoms with Crippen molar-refractivity contribution in [2.45, 2.75) is 39.5 Å². The van der Waals surface area contributed by atoms with E-state index in [2.05, 4.69) is 24.8 Å². The summed E-state index contributed by atoms with van der Waals surface area (Å²) in [6.07, 6.45) is 6.83. The summed E-state index contributed by atoms with van der Waals surface area (Å²) >= 11 is 0. The van der Waals surface area contributed by atoms with Crippen molar-refractivity contribution in [2.24, 2.45) is 5.41 Å². The second-order valence-electron chi connectivity index (χ2n) is 5.37. The third-order valence-electron chi connectivity index (χ3n) is 3.18. The first-order valence-electron chi connectivity index (χ1n) is 5.60. The van der Waals surface area contributed by atoms with Crippen LogP contribution < -0.4 is 0 Å². The molecule has 0 atom stereocenters. The van der Waals surface area contributed by atoms with Gasteiger partial charge in [-0.1, -0.05) is 13.8 Å². The highest BCUT2D eigenvalue weighted by molar-refractivity contribution is 5.94. The molecule has 0 amide bonds. The van der Waals surface area contributed by atoms with E-state index in [1.807, 2.05) is 0 Å². The lowest BCUT2D eigenvalue weighted by Gasteiger charge is -2.34. The average molecular weight is 192 g/mol. The van der Waals surface area contributed by atoms with Gasteiger partial charge in [0.1, 0.15) is 0 Å². The van der Waals surface area contributed by atoms with E-state index in [1.54, 1.807) is 0 Å². The molecular weight excluding hydrogens is 172 g/mol. The van der Waals surface area contributed by atoms with Gasteiger partial charge in [0.25, 0.3) is 0 Å². The maximum atomic E-state index is 7.84. The van der Waals surface area contributed by atoms with Crippen molar-refractivity contribution >= 4 is 5.71 Å². The second kappa shape index (κ2) is 3.41. The molecule has 14 heavy (non-hydrogen) atoms. The fourth-order valence-electron chi connectivity index (χ4n) is 2.58. The van der Waals surface area contributed by atoms with Crippen LogP contribution in [0.15, 0.2) is 11.8 Å². The molecule has 1 aliphatic heterocycles. The van der Waals surface area contributed by atoms with Crippen LogP contribution in [-0.2, 0) is 0 Å². The topological polar surface area (TPSA) is 27.1 Å². The Labute approximate surface area is 86.5 Å². The Bertz CT molecular complexity index is 270. The number of rotatable bonds is 1. The summed E-state index contributed by atoms with van der Waals surface area (Å²) in [6, 6.07) is 0.